The van der Waals surface area contributed by atoms with Crippen molar-refractivity contribution < 1.29 is 4.79 Å². The number of hydrogen-bond donors (Lipinski definition) is 1. The summed E-state index contributed by atoms with van der Waals surface area (Å²) in [6, 6.07) is 8.78. The molecule has 2 aliphatic rings. The molecule has 0 spiro atoms. The summed E-state index contributed by atoms with van der Waals surface area (Å²) in [4.78, 5) is 15.0. The van der Waals surface area contributed by atoms with Crippen molar-refractivity contribution in [3.8, 4) is 0 Å². The fraction of sp³-hybridized carbons (Fsp3) is 0.500. The fourth-order valence-corrected chi connectivity index (χ4v) is 4.31. The number of carbonyl (C=O) groups excluding carboxylic acids is 1. The SMILES string of the molecule is O=C(N[C@H]1CN2CCCCCC12)c1nsc2ccccc12. The zero-order valence-corrected chi connectivity index (χ0v) is 12.7. The van der Waals surface area contributed by atoms with E-state index >= 15 is 0 Å². The summed E-state index contributed by atoms with van der Waals surface area (Å²) in [6.07, 6.45) is 5.12. The highest BCUT2D eigenvalue weighted by Crippen LogP contribution is 2.28. The van der Waals surface area contributed by atoms with E-state index in [0.29, 0.717) is 17.8 Å². The van der Waals surface area contributed by atoms with Crippen molar-refractivity contribution in [2.24, 2.45) is 0 Å². The van der Waals surface area contributed by atoms with Gasteiger partial charge in [-0.3, -0.25) is 9.69 Å². The van der Waals surface area contributed by atoms with Gasteiger partial charge >= 0.3 is 0 Å². The molecule has 0 saturated carbocycles. The number of nitrogens with one attached hydrogen (secondary N) is 1. The maximum Gasteiger partial charge on any atom is 0.271 e. The Labute approximate surface area is 128 Å². The van der Waals surface area contributed by atoms with Crippen LogP contribution in [-0.2, 0) is 0 Å². The third kappa shape index (κ3) is 2.34. The summed E-state index contributed by atoms with van der Waals surface area (Å²) in [5.74, 6) is -0.0126. The van der Waals surface area contributed by atoms with Gasteiger partial charge in [-0.1, -0.05) is 31.0 Å². The van der Waals surface area contributed by atoms with Gasteiger partial charge in [0.05, 0.1) is 10.7 Å². The average molecular weight is 301 g/mol. The van der Waals surface area contributed by atoms with Gasteiger partial charge in [-0.15, -0.1) is 0 Å². The van der Waals surface area contributed by atoms with E-state index in [0.717, 1.165) is 16.6 Å². The molecule has 1 N–H and O–H groups in total. The molecule has 1 aromatic heterocycles. The number of amides is 1. The molecule has 2 aliphatic heterocycles. The topological polar surface area (TPSA) is 45.2 Å². The second kappa shape index (κ2) is 5.39. The van der Waals surface area contributed by atoms with Gasteiger partial charge in [0.1, 0.15) is 5.69 Å². The minimum Gasteiger partial charge on any atom is -0.345 e. The Morgan fingerprint density at radius 2 is 2.19 bits per heavy atom. The molecular formula is C16H19N3OS. The summed E-state index contributed by atoms with van der Waals surface area (Å²) in [7, 11) is 0. The first-order chi connectivity index (χ1) is 10.3. The van der Waals surface area contributed by atoms with Crippen LogP contribution in [-0.4, -0.2) is 40.4 Å². The summed E-state index contributed by atoms with van der Waals surface area (Å²) < 4.78 is 5.42. The molecule has 0 aliphatic carbocycles. The molecule has 0 bridgehead atoms. The van der Waals surface area contributed by atoms with Crippen LogP contribution in [0.5, 0.6) is 0 Å². The van der Waals surface area contributed by atoms with Crippen LogP contribution in [0.4, 0.5) is 0 Å². The Morgan fingerprint density at radius 1 is 1.29 bits per heavy atom. The summed E-state index contributed by atoms with van der Waals surface area (Å²) in [6.45, 7) is 2.19. The van der Waals surface area contributed by atoms with Gasteiger partial charge in [0.2, 0.25) is 0 Å². The predicted molar refractivity (Wildman–Crippen MR) is 84.7 cm³/mol. The molecule has 2 atom stereocenters. The third-order valence-electron chi connectivity index (χ3n) is 4.72. The first-order valence-corrected chi connectivity index (χ1v) is 8.49. The van der Waals surface area contributed by atoms with Crippen LogP contribution in [0, 0.1) is 0 Å². The molecule has 21 heavy (non-hydrogen) atoms. The zero-order chi connectivity index (χ0) is 14.2. The van der Waals surface area contributed by atoms with Gasteiger partial charge in [0.15, 0.2) is 0 Å². The number of carbonyl (C=O) groups is 1. The minimum atomic E-state index is -0.0126. The van der Waals surface area contributed by atoms with E-state index in [1.165, 1.54) is 43.8 Å². The molecular weight excluding hydrogens is 282 g/mol. The molecule has 2 fully saturated rings. The zero-order valence-electron chi connectivity index (χ0n) is 11.9. The van der Waals surface area contributed by atoms with Crippen molar-refractivity contribution in [1.29, 1.82) is 0 Å². The number of hydrogen-bond acceptors (Lipinski definition) is 4. The van der Waals surface area contributed by atoms with E-state index in [2.05, 4.69) is 14.6 Å². The van der Waals surface area contributed by atoms with E-state index in [-0.39, 0.29) is 5.91 Å². The highest BCUT2D eigenvalue weighted by molar-refractivity contribution is 7.13. The maximum atomic E-state index is 12.5. The van der Waals surface area contributed by atoms with Crippen LogP contribution in [0.1, 0.15) is 36.2 Å². The van der Waals surface area contributed by atoms with Crippen LogP contribution in [0.2, 0.25) is 0 Å². The van der Waals surface area contributed by atoms with E-state index in [1.54, 1.807) is 0 Å². The average Bonchev–Trinajstić information content (AvgIpc) is 2.83. The maximum absolute atomic E-state index is 12.5. The van der Waals surface area contributed by atoms with Gasteiger partial charge in [-0.25, -0.2) is 0 Å². The molecule has 1 amide bonds. The third-order valence-corrected chi connectivity index (χ3v) is 5.55. The van der Waals surface area contributed by atoms with Crippen LogP contribution in [0.3, 0.4) is 0 Å². The lowest BCUT2D eigenvalue weighted by atomic mass is 9.93. The Kier molecular flexibility index (Phi) is 3.39. The van der Waals surface area contributed by atoms with E-state index in [9.17, 15) is 4.79 Å². The van der Waals surface area contributed by atoms with Crippen LogP contribution in [0.15, 0.2) is 24.3 Å². The Hall–Kier alpha value is -1.46. The molecule has 5 heteroatoms. The molecule has 2 aromatic rings. The van der Waals surface area contributed by atoms with Crippen molar-refractivity contribution in [1.82, 2.24) is 14.6 Å². The highest BCUT2D eigenvalue weighted by atomic mass is 32.1. The fourth-order valence-electron chi connectivity index (χ4n) is 3.54. The predicted octanol–water partition coefficient (Wildman–Crippen LogP) is 2.65. The molecule has 3 heterocycles. The number of nitrogens with zero attached hydrogens (tertiary/aromatic N) is 2. The number of benzene rings is 1. The monoisotopic (exact) mass is 301 g/mol. The minimum absolute atomic E-state index is 0.0126. The van der Waals surface area contributed by atoms with E-state index in [1.807, 2.05) is 24.3 Å². The molecule has 0 radical (unpaired) electrons. The second-order valence-corrected chi connectivity index (χ2v) is 6.82. The Morgan fingerprint density at radius 3 is 3.14 bits per heavy atom. The normalized spacial score (nSPS) is 25.9. The summed E-state index contributed by atoms with van der Waals surface area (Å²) in [5.41, 5.74) is 0.586. The standard InChI is InChI=1S/C16H19N3OS/c20-16(15-11-6-3-4-8-14(11)21-18-15)17-12-10-19-9-5-1-2-7-13(12)19/h3-4,6,8,12-13H,1-2,5,7,9-10H2,(H,17,20)/t12-,13?/m0/s1. The van der Waals surface area contributed by atoms with Crippen molar-refractivity contribution >= 4 is 27.5 Å². The molecule has 4 rings (SSSR count). The van der Waals surface area contributed by atoms with Crippen molar-refractivity contribution in [2.75, 3.05) is 13.1 Å². The van der Waals surface area contributed by atoms with Gasteiger partial charge in [-0.05, 0) is 37.0 Å². The molecule has 4 nitrogen and oxygen atoms in total. The van der Waals surface area contributed by atoms with Gasteiger partial charge in [0, 0.05) is 18.0 Å². The molecule has 2 saturated heterocycles. The molecule has 1 unspecified atom stereocenters. The second-order valence-electron chi connectivity index (χ2n) is 6.02. The summed E-state index contributed by atoms with van der Waals surface area (Å²) in [5, 5.41) is 4.17. The molecule has 110 valence electrons. The number of aromatic nitrogens is 1. The van der Waals surface area contributed by atoms with Crippen LogP contribution in [0.25, 0.3) is 10.1 Å². The number of fused-ring (bicyclic) bond motifs is 2. The van der Waals surface area contributed by atoms with Crippen LogP contribution < -0.4 is 5.32 Å². The smallest absolute Gasteiger partial charge is 0.271 e. The lowest BCUT2D eigenvalue weighted by molar-refractivity contribution is 0.0410. The lowest BCUT2D eigenvalue weighted by Crippen LogP contribution is -2.66. The van der Waals surface area contributed by atoms with Crippen molar-refractivity contribution in [2.45, 2.75) is 37.8 Å². The van der Waals surface area contributed by atoms with Gasteiger partial charge in [-0.2, -0.15) is 4.37 Å². The first kappa shape index (κ1) is 13.2. The van der Waals surface area contributed by atoms with E-state index in [4.69, 9.17) is 0 Å². The number of rotatable bonds is 2. The van der Waals surface area contributed by atoms with E-state index < -0.39 is 0 Å². The first-order valence-electron chi connectivity index (χ1n) is 7.72. The Balaban J connectivity index is 1.49. The summed E-state index contributed by atoms with van der Waals surface area (Å²) >= 11 is 1.40. The highest BCUT2D eigenvalue weighted by Gasteiger charge is 2.40. The van der Waals surface area contributed by atoms with Gasteiger partial charge in [0.25, 0.3) is 5.91 Å². The van der Waals surface area contributed by atoms with Crippen LogP contribution >= 0.6 is 11.5 Å². The largest absolute Gasteiger partial charge is 0.345 e. The van der Waals surface area contributed by atoms with Gasteiger partial charge < -0.3 is 5.32 Å². The van der Waals surface area contributed by atoms with Crippen molar-refractivity contribution in [3.63, 3.8) is 0 Å². The lowest BCUT2D eigenvalue weighted by Gasteiger charge is -2.47. The molecule has 1 aromatic carbocycles. The quantitative estimate of drug-likeness (QED) is 0.927. The Bertz CT molecular complexity index is 668. The van der Waals surface area contributed by atoms with Crippen molar-refractivity contribution in [3.05, 3.63) is 30.0 Å².